The Bertz CT molecular complexity index is 773. The van der Waals surface area contributed by atoms with Gasteiger partial charge in [0.25, 0.3) is 5.91 Å². The van der Waals surface area contributed by atoms with Crippen LogP contribution in [0.3, 0.4) is 0 Å². The van der Waals surface area contributed by atoms with Crippen molar-refractivity contribution in [2.45, 2.75) is 6.92 Å². The molecule has 1 amide bonds. The second kappa shape index (κ2) is 7.70. The molecule has 2 N–H and O–H groups in total. The molecule has 126 valence electrons. The van der Waals surface area contributed by atoms with Gasteiger partial charge in [-0.3, -0.25) is 4.79 Å². The van der Waals surface area contributed by atoms with Crippen LogP contribution in [0.5, 0.6) is 0 Å². The van der Waals surface area contributed by atoms with Crippen molar-refractivity contribution in [1.29, 1.82) is 0 Å². The van der Waals surface area contributed by atoms with Crippen LogP contribution in [0.1, 0.15) is 11.1 Å². The summed E-state index contributed by atoms with van der Waals surface area (Å²) in [4.78, 5) is 17.5. The lowest BCUT2D eigenvalue weighted by Crippen LogP contribution is -3.15. The number of hydrogen-bond donors (Lipinski definition) is 2. The van der Waals surface area contributed by atoms with E-state index in [1.54, 1.807) is 0 Å². The Labute approximate surface area is 145 Å². The first-order valence-electron chi connectivity index (χ1n) is 7.92. The van der Waals surface area contributed by atoms with Crippen molar-refractivity contribution in [3.05, 3.63) is 40.5 Å². The second-order valence-corrected chi connectivity index (χ2v) is 6.25. The van der Waals surface area contributed by atoms with Gasteiger partial charge in [0.2, 0.25) is 0 Å². The number of carbonyl (C=O) groups is 1. The smallest absolute Gasteiger partial charge is 0.295 e. The maximum absolute atomic E-state index is 11.9. The third-order valence-corrected chi connectivity index (χ3v) is 4.26. The number of quaternary nitrogens is 1. The van der Waals surface area contributed by atoms with Crippen molar-refractivity contribution >= 4 is 34.6 Å². The maximum Gasteiger partial charge on any atom is 0.295 e. The number of morpholine rings is 1. The average Bonchev–Trinajstić information content (AvgIpc) is 2.56. The van der Waals surface area contributed by atoms with E-state index in [1.165, 1.54) is 11.1 Å². The molecule has 0 unspecified atom stereocenters. The Morgan fingerprint density at radius 2 is 2.21 bits per heavy atom. The van der Waals surface area contributed by atoms with Gasteiger partial charge in [0.05, 0.1) is 24.9 Å². The lowest BCUT2D eigenvalue weighted by atomic mass is 10.1. The number of benzene rings is 1. The van der Waals surface area contributed by atoms with Crippen molar-refractivity contribution < 1.29 is 14.4 Å². The van der Waals surface area contributed by atoms with Crippen molar-refractivity contribution in [3.8, 4) is 0 Å². The highest BCUT2D eigenvalue weighted by Gasteiger charge is 2.17. The first-order chi connectivity index (χ1) is 11.6. The molecule has 0 spiro atoms. The normalized spacial score (nSPS) is 15.9. The van der Waals surface area contributed by atoms with Gasteiger partial charge in [0.15, 0.2) is 6.54 Å². The van der Waals surface area contributed by atoms with E-state index < -0.39 is 0 Å². The fourth-order valence-electron chi connectivity index (χ4n) is 2.66. The molecule has 1 saturated heterocycles. The number of hydrazone groups is 1. The number of carbonyl (C=O) groups excluding carboxylic acids is 1. The molecule has 24 heavy (non-hydrogen) atoms. The zero-order valence-electron chi connectivity index (χ0n) is 13.5. The van der Waals surface area contributed by atoms with Crippen LogP contribution in [0.25, 0.3) is 10.9 Å². The van der Waals surface area contributed by atoms with Gasteiger partial charge >= 0.3 is 0 Å². The van der Waals surface area contributed by atoms with Crippen LogP contribution < -0.4 is 10.3 Å². The van der Waals surface area contributed by atoms with E-state index in [2.05, 4.69) is 15.5 Å². The molecule has 3 rings (SSSR count). The van der Waals surface area contributed by atoms with Gasteiger partial charge in [0.1, 0.15) is 18.2 Å². The van der Waals surface area contributed by atoms with E-state index in [0.717, 1.165) is 29.6 Å². The van der Waals surface area contributed by atoms with Crippen molar-refractivity contribution in [1.82, 2.24) is 10.4 Å². The van der Waals surface area contributed by atoms with Gasteiger partial charge in [-0.25, -0.2) is 10.4 Å². The van der Waals surface area contributed by atoms with Gasteiger partial charge in [0, 0.05) is 10.9 Å². The zero-order chi connectivity index (χ0) is 16.9. The summed E-state index contributed by atoms with van der Waals surface area (Å²) in [5.74, 6) is -0.121. The molecule has 2 aromatic rings. The SMILES string of the molecule is Cc1ccc2nc(Cl)c(C=NNC(=O)C[NH+]3CCOCC3)cc2c1. The molecule has 0 bridgehead atoms. The second-order valence-electron chi connectivity index (χ2n) is 5.90. The van der Waals surface area contributed by atoms with Crippen LogP contribution in [-0.4, -0.2) is 50.0 Å². The summed E-state index contributed by atoms with van der Waals surface area (Å²) in [6.45, 7) is 5.50. The summed E-state index contributed by atoms with van der Waals surface area (Å²) < 4.78 is 5.27. The van der Waals surface area contributed by atoms with Gasteiger partial charge in [-0.2, -0.15) is 5.10 Å². The number of halogens is 1. The first kappa shape index (κ1) is 16.8. The van der Waals surface area contributed by atoms with Crippen LogP contribution in [0.4, 0.5) is 0 Å². The van der Waals surface area contributed by atoms with Crippen LogP contribution in [0.15, 0.2) is 29.4 Å². The van der Waals surface area contributed by atoms with Crippen LogP contribution in [0.2, 0.25) is 5.15 Å². The number of ether oxygens (including phenoxy) is 1. The molecule has 7 heteroatoms. The van der Waals surface area contributed by atoms with Crippen molar-refractivity contribution in [2.75, 3.05) is 32.8 Å². The van der Waals surface area contributed by atoms with Gasteiger partial charge in [-0.05, 0) is 25.1 Å². The molecular formula is C17H20ClN4O2+. The minimum Gasteiger partial charge on any atom is -0.370 e. The molecule has 1 fully saturated rings. The molecule has 1 aromatic carbocycles. The topological polar surface area (TPSA) is 68.0 Å². The number of amides is 1. The number of nitrogens with one attached hydrogen (secondary N) is 2. The lowest BCUT2D eigenvalue weighted by molar-refractivity contribution is -0.900. The molecule has 6 nitrogen and oxygen atoms in total. The highest BCUT2D eigenvalue weighted by molar-refractivity contribution is 6.32. The number of pyridine rings is 1. The van der Waals surface area contributed by atoms with Gasteiger partial charge in [-0.1, -0.05) is 23.2 Å². The number of fused-ring (bicyclic) bond motifs is 1. The van der Waals surface area contributed by atoms with E-state index in [0.29, 0.717) is 30.5 Å². The first-order valence-corrected chi connectivity index (χ1v) is 8.30. The third-order valence-electron chi connectivity index (χ3n) is 3.95. The lowest BCUT2D eigenvalue weighted by Gasteiger charge is -2.22. The molecule has 1 aliphatic rings. The Kier molecular flexibility index (Phi) is 5.40. The Hall–Kier alpha value is -2.02. The summed E-state index contributed by atoms with van der Waals surface area (Å²) in [5, 5.41) is 5.36. The Morgan fingerprint density at radius 1 is 1.42 bits per heavy atom. The van der Waals surface area contributed by atoms with E-state index >= 15 is 0 Å². The van der Waals surface area contributed by atoms with Crippen LogP contribution >= 0.6 is 11.6 Å². The summed E-state index contributed by atoms with van der Waals surface area (Å²) in [6, 6.07) is 7.88. The molecular weight excluding hydrogens is 328 g/mol. The summed E-state index contributed by atoms with van der Waals surface area (Å²) in [7, 11) is 0. The molecule has 0 radical (unpaired) electrons. The van der Waals surface area contributed by atoms with Crippen LogP contribution in [-0.2, 0) is 9.53 Å². The van der Waals surface area contributed by atoms with Gasteiger partial charge < -0.3 is 9.64 Å². The summed E-state index contributed by atoms with van der Waals surface area (Å²) in [5.41, 5.74) is 5.21. The van der Waals surface area contributed by atoms with Crippen molar-refractivity contribution in [2.24, 2.45) is 5.10 Å². The molecule has 0 atom stereocenters. The number of rotatable bonds is 4. The van der Waals surface area contributed by atoms with Crippen molar-refractivity contribution in [3.63, 3.8) is 0 Å². The highest BCUT2D eigenvalue weighted by atomic mass is 35.5. The largest absolute Gasteiger partial charge is 0.370 e. The number of nitrogens with zero attached hydrogens (tertiary/aromatic N) is 2. The number of aryl methyl sites for hydroxylation is 1. The summed E-state index contributed by atoms with van der Waals surface area (Å²) in [6.07, 6.45) is 1.53. The zero-order valence-corrected chi connectivity index (χ0v) is 14.3. The number of hydrogen-bond acceptors (Lipinski definition) is 4. The summed E-state index contributed by atoms with van der Waals surface area (Å²) >= 11 is 6.18. The van der Waals surface area contributed by atoms with E-state index in [1.807, 2.05) is 31.2 Å². The monoisotopic (exact) mass is 347 g/mol. The van der Waals surface area contributed by atoms with Crippen LogP contribution in [0, 0.1) is 6.92 Å². The molecule has 0 saturated carbocycles. The fraction of sp³-hybridized carbons (Fsp3) is 0.353. The van der Waals surface area contributed by atoms with E-state index in [9.17, 15) is 4.79 Å². The van der Waals surface area contributed by atoms with E-state index in [-0.39, 0.29) is 5.91 Å². The average molecular weight is 348 g/mol. The molecule has 0 aliphatic carbocycles. The molecule has 1 aliphatic heterocycles. The Balaban J connectivity index is 1.64. The molecule has 1 aromatic heterocycles. The Morgan fingerprint density at radius 3 is 3.00 bits per heavy atom. The highest BCUT2D eigenvalue weighted by Crippen LogP contribution is 2.20. The number of aromatic nitrogens is 1. The van der Waals surface area contributed by atoms with E-state index in [4.69, 9.17) is 16.3 Å². The van der Waals surface area contributed by atoms with Gasteiger partial charge in [-0.15, -0.1) is 0 Å². The predicted octanol–water partition coefficient (Wildman–Crippen LogP) is 0.562. The predicted molar refractivity (Wildman–Crippen MR) is 93.6 cm³/mol. The minimum absolute atomic E-state index is 0.121. The minimum atomic E-state index is -0.121. The fourth-order valence-corrected chi connectivity index (χ4v) is 2.85. The standard InChI is InChI=1S/C17H19ClN4O2/c1-12-2-3-15-13(8-12)9-14(17(18)20-15)10-19-21-16(23)11-22-4-6-24-7-5-22/h2-3,8-10H,4-7,11H2,1H3,(H,21,23)/p+1. The quantitative estimate of drug-likeness (QED) is 0.482. The maximum atomic E-state index is 11.9. The molecule has 2 heterocycles. The third kappa shape index (κ3) is 4.29.